The molecule has 1 aliphatic rings. The molecule has 0 saturated carbocycles. The zero-order valence-corrected chi connectivity index (χ0v) is 11.5. The molecule has 2 heterocycles. The Bertz CT molecular complexity index is 429. The molecule has 1 aliphatic heterocycles. The molecule has 19 heavy (non-hydrogen) atoms. The van der Waals surface area contributed by atoms with Crippen LogP contribution in [0, 0.1) is 5.92 Å². The van der Waals surface area contributed by atoms with E-state index >= 15 is 0 Å². The SMILES string of the molecule is CCNc1cc(N2CCC(C(=O)NC)CC2)ncn1. The van der Waals surface area contributed by atoms with Crippen LogP contribution in [0.4, 0.5) is 11.6 Å². The number of rotatable bonds is 4. The van der Waals surface area contributed by atoms with E-state index in [4.69, 9.17) is 0 Å². The van der Waals surface area contributed by atoms with Gasteiger partial charge in [0, 0.05) is 38.7 Å². The fourth-order valence-electron chi connectivity index (χ4n) is 2.37. The molecule has 1 aromatic rings. The minimum Gasteiger partial charge on any atom is -0.370 e. The van der Waals surface area contributed by atoms with E-state index < -0.39 is 0 Å². The lowest BCUT2D eigenvalue weighted by molar-refractivity contribution is -0.125. The Morgan fingerprint density at radius 3 is 2.79 bits per heavy atom. The summed E-state index contributed by atoms with van der Waals surface area (Å²) in [5.74, 6) is 2.06. The van der Waals surface area contributed by atoms with Crippen molar-refractivity contribution in [2.75, 3.05) is 36.9 Å². The normalized spacial score (nSPS) is 16.2. The quantitative estimate of drug-likeness (QED) is 0.843. The van der Waals surface area contributed by atoms with Crippen LogP contribution in [-0.2, 0) is 4.79 Å². The molecule has 0 aromatic carbocycles. The van der Waals surface area contributed by atoms with E-state index in [1.807, 2.05) is 13.0 Å². The molecule has 2 N–H and O–H groups in total. The van der Waals surface area contributed by atoms with Crippen molar-refractivity contribution in [1.29, 1.82) is 0 Å². The average molecular weight is 263 g/mol. The van der Waals surface area contributed by atoms with Crippen LogP contribution in [0.25, 0.3) is 0 Å². The van der Waals surface area contributed by atoms with Gasteiger partial charge in [-0.15, -0.1) is 0 Å². The molecule has 104 valence electrons. The van der Waals surface area contributed by atoms with Gasteiger partial charge < -0.3 is 15.5 Å². The summed E-state index contributed by atoms with van der Waals surface area (Å²) in [7, 11) is 1.70. The molecule has 0 spiro atoms. The summed E-state index contributed by atoms with van der Waals surface area (Å²) in [5.41, 5.74) is 0. The molecule has 6 heteroatoms. The second-order valence-corrected chi connectivity index (χ2v) is 4.67. The van der Waals surface area contributed by atoms with Crippen molar-refractivity contribution in [1.82, 2.24) is 15.3 Å². The Morgan fingerprint density at radius 1 is 1.42 bits per heavy atom. The number of hydrogen-bond donors (Lipinski definition) is 2. The van der Waals surface area contributed by atoms with E-state index in [0.29, 0.717) is 0 Å². The van der Waals surface area contributed by atoms with E-state index in [1.165, 1.54) is 0 Å². The van der Waals surface area contributed by atoms with Crippen molar-refractivity contribution >= 4 is 17.5 Å². The van der Waals surface area contributed by atoms with Crippen molar-refractivity contribution in [3.8, 4) is 0 Å². The van der Waals surface area contributed by atoms with Gasteiger partial charge >= 0.3 is 0 Å². The summed E-state index contributed by atoms with van der Waals surface area (Å²) in [4.78, 5) is 22.3. The standard InChI is InChI=1S/C13H21N5O/c1-3-15-11-8-12(17-9-16-11)18-6-4-10(5-7-18)13(19)14-2/h8-10H,3-7H2,1-2H3,(H,14,19)(H,15,16,17). The molecule has 1 fully saturated rings. The second-order valence-electron chi connectivity index (χ2n) is 4.67. The summed E-state index contributed by atoms with van der Waals surface area (Å²) < 4.78 is 0. The van der Waals surface area contributed by atoms with Crippen LogP contribution in [0.5, 0.6) is 0 Å². The van der Waals surface area contributed by atoms with E-state index in [2.05, 4.69) is 25.5 Å². The number of carbonyl (C=O) groups is 1. The Morgan fingerprint density at radius 2 is 2.16 bits per heavy atom. The van der Waals surface area contributed by atoms with Crippen molar-refractivity contribution < 1.29 is 4.79 Å². The number of anilines is 2. The number of aromatic nitrogens is 2. The molecule has 1 amide bonds. The lowest BCUT2D eigenvalue weighted by Gasteiger charge is -2.31. The van der Waals surface area contributed by atoms with Gasteiger partial charge in [0.2, 0.25) is 5.91 Å². The number of hydrogen-bond acceptors (Lipinski definition) is 5. The summed E-state index contributed by atoms with van der Waals surface area (Å²) >= 11 is 0. The van der Waals surface area contributed by atoms with Crippen molar-refractivity contribution in [3.63, 3.8) is 0 Å². The molecule has 2 rings (SSSR count). The van der Waals surface area contributed by atoms with Crippen LogP contribution in [0.15, 0.2) is 12.4 Å². The van der Waals surface area contributed by atoms with E-state index in [9.17, 15) is 4.79 Å². The molecule has 6 nitrogen and oxygen atoms in total. The highest BCUT2D eigenvalue weighted by Gasteiger charge is 2.24. The van der Waals surface area contributed by atoms with Gasteiger partial charge in [-0.05, 0) is 19.8 Å². The highest BCUT2D eigenvalue weighted by atomic mass is 16.1. The summed E-state index contributed by atoms with van der Waals surface area (Å²) in [5, 5.41) is 5.90. The van der Waals surface area contributed by atoms with Crippen molar-refractivity contribution in [3.05, 3.63) is 12.4 Å². The molecule has 0 aliphatic carbocycles. The highest BCUT2D eigenvalue weighted by molar-refractivity contribution is 5.78. The first-order chi connectivity index (χ1) is 9.24. The van der Waals surface area contributed by atoms with E-state index in [0.717, 1.165) is 44.1 Å². The predicted octanol–water partition coefficient (Wildman–Crippen LogP) is 0.871. The van der Waals surface area contributed by atoms with Gasteiger partial charge in [0.05, 0.1) is 0 Å². The van der Waals surface area contributed by atoms with Crippen LogP contribution in [0.1, 0.15) is 19.8 Å². The number of nitrogens with one attached hydrogen (secondary N) is 2. The number of nitrogens with zero attached hydrogens (tertiary/aromatic N) is 3. The Labute approximate surface area is 113 Å². The lowest BCUT2D eigenvalue weighted by Crippen LogP contribution is -2.39. The van der Waals surface area contributed by atoms with Gasteiger partial charge in [-0.1, -0.05) is 0 Å². The Kier molecular flexibility index (Phi) is 4.54. The zero-order valence-electron chi connectivity index (χ0n) is 11.5. The fourth-order valence-corrected chi connectivity index (χ4v) is 2.37. The topological polar surface area (TPSA) is 70.2 Å². The van der Waals surface area contributed by atoms with Crippen LogP contribution in [-0.4, -0.2) is 42.6 Å². The minimum atomic E-state index is 0.135. The number of piperidine rings is 1. The van der Waals surface area contributed by atoms with Crippen LogP contribution in [0.2, 0.25) is 0 Å². The first kappa shape index (κ1) is 13.6. The molecule has 1 saturated heterocycles. The van der Waals surface area contributed by atoms with Crippen LogP contribution < -0.4 is 15.5 Å². The third-order valence-electron chi connectivity index (χ3n) is 3.45. The first-order valence-corrected chi connectivity index (χ1v) is 6.77. The molecule has 0 unspecified atom stereocenters. The van der Waals surface area contributed by atoms with Gasteiger partial charge in [0.15, 0.2) is 0 Å². The summed E-state index contributed by atoms with van der Waals surface area (Å²) in [6.07, 6.45) is 3.33. The van der Waals surface area contributed by atoms with Gasteiger partial charge in [0.1, 0.15) is 18.0 Å². The van der Waals surface area contributed by atoms with Crippen molar-refractivity contribution in [2.24, 2.45) is 5.92 Å². The third-order valence-corrected chi connectivity index (χ3v) is 3.45. The van der Waals surface area contributed by atoms with Gasteiger partial charge in [-0.3, -0.25) is 4.79 Å². The van der Waals surface area contributed by atoms with Gasteiger partial charge in [0.25, 0.3) is 0 Å². The molecule has 1 aromatic heterocycles. The minimum absolute atomic E-state index is 0.135. The first-order valence-electron chi connectivity index (χ1n) is 6.77. The fraction of sp³-hybridized carbons (Fsp3) is 0.615. The molecule has 0 bridgehead atoms. The lowest BCUT2D eigenvalue weighted by atomic mass is 9.96. The maximum absolute atomic E-state index is 11.6. The summed E-state index contributed by atoms with van der Waals surface area (Å²) in [6, 6.07) is 1.96. The highest BCUT2D eigenvalue weighted by Crippen LogP contribution is 2.22. The Hall–Kier alpha value is -1.85. The van der Waals surface area contributed by atoms with E-state index in [-0.39, 0.29) is 11.8 Å². The molecule has 0 atom stereocenters. The third kappa shape index (κ3) is 3.33. The largest absolute Gasteiger partial charge is 0.370 e. The van der Waals surface area contributed by atoms with Gasteiger partial charge in [-0.2, -0.15) is 0 Å². The molecular weight excluding hydrogens is 242 g/mol. The molecule has 0 radical (unpaired) electrons. The average Bonchev–Trinajstić information content (AvgIpc) is 2.47. The monoisotopic (exact) mass is 263 g/mol. The van der Waals surface area contributed by atoms with Crippen molar-refractivity contribution in [2.45, 2.75) is 19.8 Å². The Balaban J connectivity index is 1.97. The zero-order chi connectivity index (χ0) is 13.7. The van der Waals surface area contributed by atoms with E-state index in [1.54, 1.807) is 13.4 Å². The maximum Gasteiger partial charge on any atom is 0.222 e. The number of carbonyl (C=O) groups excluding carboxylic acids is 1. The molecular formula is C13H21N5O. The second kappa shape index (κ2) is 6.36. The maximum atomic E-state index is 11.6. The number of amides is 1. The van der Waals surface area contributed by atoms with Gasteiger partial charge in [-0.25, -0.2) is 9.97 Å². The predicted molar refractivity (Wildman–Crippen MR) is 75.2 cm³/mol. The van der Waals surface area contributed by atoms with Crippen LogP contribution in [0.3, 0.4) is 0 Å². The summed E-state index contributed by atoms with van der Waals surface area (Å²) in [6.45, 7) is 4.60. The smallest absolute Gasteiger partial charge is 0.222 e. The van der Waals surface area contributed by atoms with Crippen LogP contribution >= 0.6 is 0 Å².